The third-order valence-corrected chi connectivity index (χ3v) is 3.35. The SMILES string of the molecule is COC(C)(C)CC(C)NC(=O)[C@@H](N)CCSC.Cl. The molecule has 0 saturated heterocycles. The van der Waals surface area contributed by atoms with Gasteiger partial charge in [-0.3, -0.25) is 4.79 Å². The summed E-state index contributed by atoms with van der Waals surface area (Å²) in [5.74, 6) is 0.838. The van der Waals surface area contributed by atoms with Crippen molar-refractivity contribution in [3.05, 3.63) is 0 Å². The van der Waals surface area contributed by atoms with Gasteiger partial charge < -0.3 is 15.8 Å². The molecule has 0 aliphatic heterocycles. The summed E-state index contributed by atoms with van der Waals surface area (Å²) in [7, 11) is 1.68. The van der Waals surface area contributed by atoms with Crippen LogP contribution in [0.5, 0.6) is 0 Å². The summed E-state index contributed by atoms with van der Waals surface area (Å²) in [5.41, 5.74) is 5.57. The van der Waals surface area contributed by atoms with Crippen LogP contribution >= 0.6 is 24.2 Å². The molecule has 0 fully saturated rings. The first-order valence-corrected chi connectivity index (χ1v) is 7.32. The fourth-order valence-electron chi connectivity index (χ4n) is 1.60. The average Bonchev–Trinajstić information content (AvgIpc) is 2.24. The van der Waals surface area contributed by atoms with Crippen LogP contribution in [-0.2, 0) is 9.53 Å². The molecule has 1 amide bonds. The molecule has 0 radical (unpaired) electrons. The van der Waals surface area contributed by atoms with Crippen molar-refractivity contribution in [3.63, 3.8) is 0 Å². The maximum absolute atomic E-state index is 11.7. The number of nitrogens with two attached hydrogens (primary N) is 1. The van der Waals surface area contributed by atoms with Crippen LogP contribution in [0.2, 0.25) is 0 Å². The summed E-state index contributed by atoms with van der Waals surface area (Å²) in [6, 6.07) is -0.340. The molecule has 3 N–H and O–H groups in total. The number of thioether (sulfide) groups is 1. The van der Waals surface area contributed by atoms with Gasteiger partial charge in [0.05, 0.1) is 11.6 Å². The first kappa shape index (κ1) is 20.3. The van der Waals surface area contributed by atoms with E-state index in [1.807, 2.05) is 27.0 Å². The molecule has 0 aliphatic carbocycles. The number of ether oxygens (including phenoxy) is 1. The lowest BCUT2D eigenvalue weighted by molar-refractivity contribution is -0.123. The van der Waals surface area contributed by atoms with Gasteiger partial charge in [0.2, 0.25) is 5.91 Å². The highest BCUT2D eigenvalue weighted by Crippen LogP contribution is 2.15. The Balaban J connectivity index is 0. The zero-order valence-corrected chi connectivity index (χ0v) is 13.6. The van der Waals surface area contributed by atoms with E-state index in [4.69, 9.17) is 10.5 Å². The van der Waals surface area contributed by atoms with E-state index in [9.17, 15) is 4.79 Å². The summed E-state index contributed by atoms with van der Waals surface area (Å²) in [4.78, 5) is 11.7. The van der Waals surface area contributed by atoms with E-state index >= 15 is 0 Å². The Kier molecular flexibility index (Phi) is 11.2. The van der Waals surface area contributed by atoms with Crippen LogP contribution in [0.1, 0.15) is 33.6 Å². The second-order valence-corrected chi connectivity index (χ2v) is 5.95. The standard InChI is InChI=1S/C12H26N2O2S.ClH/c1-9(8-12(2,3)16-4)14-11(15)10(13)6-7-17-5;/h9-10H,6-8,13H2,1-5H3,(H,14,15);1H/t9?,10-;/m0./s1. The highest BCUT2D eigenvalue weighted by Gasteiger charge is 2.22. The van der Waals surface area contributed by atoms with Gasteiger partial charge in [-0.15, -0.1) is 12.4 Å². The van der Waals surface area contributed by atoms with E-state index in [1.165, 1.54) is 0 Å². The number of halogens is 1. The van der Waals surface area contributed by atoms with Crippen molar-refractivity contribution < 1.29 is 9.53 Å². The lowest BCUT2D eigenvalue weighted by Gasteiger charge is -2.27. The van der Waals surface area contributed by atoms with Crippen LogP contribution in [0.15, 0.2) is 0 Å². The number of carbonyl (C=O) groups is 1. The van der Waals surface area contributed by atoms with Crippen molar-refractivity contribution in [1.82, 2.24) is 5.32 Å². The van der Waals surface area contributed by atoms with E-state index in [0.717, 1.165) is 12.2 Å². The van der Waals surface area contributed by atoms with Gasteiger partial charge in [-0.2, -0.15) is 11.8 Å². The van der Waals surface area contributed by atoms with Gasteiger partial charge in [-0.1, -0.05) is 0 Å². The molecule has 0 heterocycles. The quantitative estimate of drug-likeness (QED) is 0.717. The van der Waals surface area contributed by atoms with Gasteiger partial charge in [0.15, 0.2) is 0 Å². The smallest absolute Gasteiger partial charge is 0.237 e. The Labute approximate surface area is 121 Å². The van der Waals surface area contributed by atoms with Gasteiger partial charge >= 0.3 is 0 Å². The minimum atomic E-state index is -0.407. The fraction of sp³-hybridized carbons (Fsp3) is 0.917. The molecule has 18 heavy (non-hydrogen) atoms. The summed E-state index contributed by atoms with van der Waals surface area (Å²) in [6.07, 6.45) is 3.49. The molecule has 0 bridgehead atoms. The van der Waals surface area contributed by atoms with Gasteiger partial charge in [-0.25, -0.2) is 0 Å². The largest absolute Gasteiger partial charge is 0.379 e. The third-order valence-electron chi connectivity index (χ3n) is 2.71. The molecular formula is C12H27ClN2O2S. The predicted molar refractivity (Wildman–Crippen MR) is 81.5 cm³/mol. The molecule has 0 spiro atoms. The molecule has 1 unspecified atom stereocenters. The fourth-order valence-corrected chi connectivity index (χ4v) is 2.09. The second kappa shape index (κ2) is 9.89. The lowest BCUT2D eigenvalue weighted by Crippen LogP contribution is -2.46. The van der Waals surface area contributed by atoms with Crippen molar-refractivity contribution in [3.8, 4) is 0 Å². The van der Waals surface area contributed by atoms with E-state index in [0.29, 0.717) is 6.42 Å². The summed E-state index contributed by atoms with van der Waals surface area (Å²) < 4.78 is 5.33. The number of methoxy groups -OCH3 is 1. The monoisotopic (exact) mass is 298 g/mol. The van der Waals surface area contributed by atoms with Gasteiger partial charge in [0, 0.05) is 13.2 Å². The Hall–Kier alpha value is 0.0300. The topological polar surface area (TPSA) is 64.3 Å². The van der Waals surface area contributed by atoms with E-state index in [2.05, 4.69) is 5.32 Å². The normalized spacial score (nSPS) is 14.6. The molecule has 0 aromatic rings. The third kappa shape index (κ3) is 9.03. The number of amides is 1. The number of nitrogens with one attached hydrogen (secondary N) is 1. The molecule has 2 atom stereocenters. The van der Waals surface area contributed by atoms with E-state index in [-0.39, 0.29) is 30.0 Å². The molecule has 4 nitrogen and oxygen atoms in total. The van der Waals surface area contributed by atoms with Crippen LogP contribution < -0.4 is 11.1 Å². The Morgan fingerprint density at radius 1 is 1.50 bits per heavy atom. The summed E-state index contributed by atoms with van der Waals surface area (Å²) >= 11 is 1.70. The minimum Gasteiger partial charge on any atom is -0.379 e. The van der Waals surface area contributed by atoms with Crippen molar-refractivity contribution in [2.75, 3.05) is 19.1 Å². The molecule has 0 aromatic carbocycles. The molecular weight excluding hydrogens is 272 g/mol. The van der Waals surface area contributed by atoms with Crippen molar-refractivity contribution in [1.29, 1.82) is 0 Å². The number of hydrogen-bond donors (Lipinski definition) is 2. The Morgan fingerprint density at radius 2 is 2.06 bits per heavy atom. The zero-order valence-electron chi connectivity index (χ0n) is 12.0. The van der Waals surface area contributed by atoms with Crippen molar-refractivity contribution in [2.45, 2.75) is 51.3 Å². The van der Waals surface area contributed by atoms with E-state index in [1.54, 1.807) is 18.9 Å². The maximum Gasteiger partial charge on any atom is 0.237 e. The number of carbonyl (C=O) groups excluding carboxylic acids is 1. The summed E-state index contributed by atoms with van der Waals surface area (Å²) in [6.45, 7) is 5.98. The Bertz CT molecular complexity index is 240. The van der Waals surface area contributed by atoms with Crippen LogP contribution in [0.3, 0.4) is 0 Å². The van der Waals surface area contributed by atoms with Crippen LogP contribution in [0.4, 0.5) is 0 Å². The van der Waals surface area contributed by atoms with Crippen LogP contribution in [-0.4, -0.2) is 42.7 Å². The zero-order chi connectivity index (χ0) is 13.5. The summed E-state index contributed by atoms with van der Waals surface area (Å²) in [5, 5.41) is 2.93. The van der Waals surface area contributed by atoms with Gasteiger partial charge in [0.1, 0.15) is 0 Å². The predicted octanol–water partition coefficient (Wildman–Crippen LogP) is 1.81. The second-order valence-electron chi connectivity index (χ2n) is 4.97. The average molecular weight is 299 g/mol. The first-order valence-electron chi connectivity index (χ1n) is 5.92. The Morgan fingerprint density at radius 3 is 2.50 bits per heavy atom. The maximum atomic E-state index is 11.7. The highest BCUT2D eigenvalue weighted by molar-refractivity contribution is 7.98. The van der Waals surface area contributed by atoms with Gasteiger partial charge in [0.25, 0.3) is 0 Å². The molecule has 110 valence electrons. The molecule has 6 heteroatoms. The molecule has 0 saturated carbocycles. The molecule has 0 rings (SSSR count). The number of rotatable bonds is 8. The first-order chi connectivity index (χ1) is 7.82. The van der Waals surface area contributed by atoms with Crippen molar-refractivity contribution >= 4 is 30.1 Å². The highest BCUT2D eigenvalue weighted by atomic mass is 35.5. The number of hydrogen-bond acceptors (Lipinski definition) is 4. The van der Waals surface area contributed by atoms with Crippen LogP contribution in [0.25, 0.3) is 0 Å². The van der Waals surface area contributed by atoms with Gasteiger partial charge in [-0.05, 0) is 45.6 Å². The molecule has 0 aliphatic rings. The lowest BCUT2D eigenvalue weighted by atomic mass is 9.99. The van der Waals surface area contributed by atoms with Crippen LogP contribution in [0, 0.1) is 0 Å². The van der Waals surface area contributed by atoms with Crippen molar-refractivity contribution in [2.24, 2.45) is 5.73 Å². The molecule has 0 aromatic heterocycles. The van der Waals surface area contributed by atoms with E-state index < -0.39 is 6.04 Å². The minimum absolute atomic E-state index is 0.